The standard InChI is InChI=1S/C17H23NO5/c1-17(2,3)23-15(20)14-10-9-12(19)11-18(14)16(21)22-13-7-5-4-6-8-13/h4-8,12,14,19H,9-11H2,1-3H3/t12-,14+/m1/s1. The second-order valence-electron chi connectivity index (χ2n) is 6.61. The first kappa shape index (κ1) is 17.3. The van der Waals surface area contributed by atoms with Gasteiger partial charge in [-0.1, -0.05) is 18.2 Å². The van der Waals surface area contributed by atoms with Crippen molar-refractivity contribution in [3.05, 3.63) is 30.3 Å². The lowest BCUT2D eigenvalue weighted by Crippen LogP contribution is -2.54. The molecule has 0 radical (unpaired) electrons. The molecule has 1 aliphatic rings. The van der Waals surface area contributed by atoms with Crippen LogP contribution in [0.15, 0.2) is 30.3 Å². The lowest BCUT2D eigenvalue weighted by molar-refractivity contribution is -0.162. The summed E-state index contributed by atoms with van der Waals surface area (Å²) in [6.07, 6.45) is -0.540. The maximum atomic E-state index is 12.4. The fourth-order valence-electron chi connectivity index (χ4n) is 2.42. The number of rotatable bonds is 2. The fourth-order valence-corrected chi connectivity index (χ4v) is 2.42. The minimum Gasteiger partial charge on any atom is -0.458 e. The Bertz CT molecular complexity index is 552. The van der Waals surface area contributed by atoms with Gasteiger partial charge in [-0.15, -0.1) is 0 Å². The summed E-state index contributed by atoms with van der Waals surface area (Å²) in [7, 11) is 0. The summed E-state index contributed by atoms with van der Waals surface area (Å²) in [5, 5.41) is 9.83. The van der Waals surface area contributed by atoms with Crippen LogP contribution in [0.25, 0.3) is 0 Å². The van der Waals surface area contributed by atoms with Crippen LogP contribution in [0.5, 0.6) is 5.75 Å². The molecule has 1 N–H and O–H groups in total. The number of likely N-dealkylation sites (tertiary alicyclic amines) is 1. The van der Waals surface area contributed by atoms with Crippen LogP contribution in [0.1, 0.15) is 33.6 Å². The SMILES string of the molecule is CC(C)(C)OC(=O)[C@@H]1CC[C@@H](O)CN1C(=O)Oc1ccccc1. The van der Waals surface area contributed by atoms with Gasteiger partial charge in [-0.2, -0.15) is 0 Å². The molecular formula is C17H23NO5. The molecule has 126 valence electrons. The van der Waals surface area contributed by atoms with Crippen molar-refractivity contribution < 1.29 is 24.2 Å². The van der Waals surface area contributed by atoms with Crippen LogP contribution in [0.2, 0.25) is 0 Å². The number of aliphatic hydroxyl groups is 1. The number of ether oxygens (including phenoxy) is 2. The largest absolute Gasteiger partial charge is 0.458 e. The van der Waals surface area contributed by atoms with Gasteiger partial charge in [0.15, 0.2) is 0 Å². The number of hydrogen-bond donors (Lipinski definition) is 1. The Kier molecular flexibility index (Phi) is 5.26. The third kappa shape index (κ3) is 4.96. The molecule has 6 nitrogen and oxygen atoms in total. The third-order valence-electron chi connectivity index (χ3n) is 3.42. The van der Waals surface area contributed by atoms with E-state index in [0.29, 0.717) is 18.6 Å². The molecule has 1 amide bonds. The number of amides is 1. The topological polar surface area (TPSA) is 76.1 Å². The van der Waals surface area contributed by atoms with E-state index in [1.807, 2.05) is 6.07 Å². The van der Waals surface area contributed by atoms with Crippen LogP contribution in [-0.4, -0.2) is 46.4 Å². The van der Waals surface area contributed by atoms with Gasteiger partial charge in [0.25, 0.3) is 0 Å². The van der Waals surface area contributed by atoms with E-state index < -0.39 is 29.8 Å². The van der Waals surface area contributed by atoms with E-state index in [9.17, 15) is 14.7 Å². The number of carbonyl (C=O) groups excluding carboxylic acids is 2. The molecule has 0 unspecified atom stereocenters. The highest BCUT2D eigenvalue weighted by molar-refractivity contribution is 5.82. The molecular weight excluding hydrogens is 298 g/mol. The van der Waals surface area contributed by atoms with E-state index in [1.165, 1.54) is 4.90 Å². The Morgan fingerprint density at radius 3 is 2.43 bits per heavy atom. The summed E-state index contributed by atoms with van der Waals surface area (Å²) < 4.78 is 10.7. The maximum Gasteiger partial charge on any atom is 0.416 e. The van der Waals surface area contributed by atoms with E-state index in [-0.39, 0.29) is 6.54 Å². The average molecular weight is 321 g/mol. The number of benzene rings is 1. The first-order valence-corrected chi connectivity index (χ1v) is 7.71. The summed E-state index contributed by atoms with van der Waals surface area (Å²) in [5.74, 6) is -0.0880. The normalized spacial score (nSPS) is 21.7. The van der Waals surface area contributed by atoms with Gasteiger partial charge in [-0.05, 0) is 45.7 Å². The predicted molar refractivity (Wildman–Crippen MR) is 84.0 cm³/mol. The van der Waals surface area contributed by atoms with E-state index in [0.717, 1.165) is 0 Å². The molecule has 0 bridgehead atoms. The number of aliphatic hydroxyl groups excluding tert-OH is 1. The van der Waals surface area contributed by atoms with E-state index >= 15 is 0 Å². The predicted octanol–water partition coefficient (Wildman–Crippen LogP) is 2.35. The smallest absolute Gasteiger partial charge is 0.416 e. The van der Waals surface area contributed by atoms with Crippen molar-refractivity contribution in [2.24, 2.45) is 0 Å². The Balaban J connectivity index is 2.10. The van der Waals surface area contributed by atoms with Crippen LogP contribution in [-0.2, 0) is 9.53 Å². The van der Waals surface area contributed by atoms with Crippen molar-refractivity contribution in [2.75, 3.05) is 6.54 Å². The van der Waals surface area contributed by atoms with Crippen LogP contribution in [0.4, 0.5) is 4.79 Å². The summed E-state index contributed by atoms with van der Waals surface area (Å²) >= 11 is 0. The molecule has 0 spiro atoms. The average Bonchev–Trinajstić information content (AvgIpc) is 2.46. The highest BCUT2D eigenvalue weighted by Gasteiger charge is 2.38. The molecule has 23 heavy (non-hydrogen) atoms. The molecule has 1 aromatic rings. The van der Waals surface area contributed by atoms with Crippen LogP contribution >= 0.6 is 0 Å². The van der Waals surface area contributed by atoms with Crippen molar-refractivity contribution in [3.63, 3.8) is 0 Å². The maximum absolute atomic E-state index is 12.4. The van der Waals surface area contributed by atoms with Crippen molar-refractivity contribution in [1.29, 1.82) is 0 Å². The Labute approximate surface area is 136 Å². The number of para-hydroxylation sites is 1. The molecule has 0 saturated carbocycles. The van der Waals surface area contributed by atoms with Gasteiger partial charge in [0, 0.05) is 0 Å². The first-order valence-electron chi connectivity index (χ1n) is 7.71. The highest BCUT2D eigenvalue weighted by atomic mass is 16.6. The Morgan fingerprint density at radius 2 is 1.83 bits per heavy atom. The molecule has 6 heteroatoms. The molecule has 1 heterocycles. The van der Waals surface area contributed by atoms with Crippen molar-refractivity contribution in [2.45, 2.75) is 51.4 Å². The van der Waals surface area contributed by atoms with Crippen LogP contribution in [0, 0.1) is 0 Å². The fraction of sp³-hybridized carbons (Fsp3) is 0.529. The van der Waals surface area contributed by atoms with Gasteiger partial charge in [-0.25, -0.2) is 9.59 Å². The Morgan fingerprint density at radius 1 is 1.17 bits per heavy atom. The number of carbonyl (C=O) groups is 2. The molecule has 1 fully saturated rings. The van der Waals surface area contributed by atoms with Gasteiger partial charge in [0.05, 0.1) is 12.6 Å². The summed E-state index contributed by atoms with van der Waals surface area (Å²) in [5.41, 5.74) is -0.637. The number of nitrogens with zero attached hydrogens (tertiary/aromatic N) is 1. The van der Waals surface area contributed by atoms with E-state index in [4.69, 9.17) is 9.47 Å². The molecule has 1 saturated heterocycles. The minimum absolute atomic E-state index is 0.0512. The molecule has 0 aliphatic carbocycles. The quantitative estimate of drug-likeness (QED) is 0.846. The minimum atomic E-state index is -0.742. The van der Waals surface area contributed by atoms with Crippen LogP contribution in [0.3, 0.4) is 0 Å². The summed E-state index contributed by atoms with van der Waals surface area (Å²) in [6, 6.07) is 7.87. The molecule has 2 atom stereocenters. The van der Waals surface area contributed by atoms with Gasteiger partial charge in [0.2, 0.25) is 0 Å². The van der Waals surface area contributed by atoms with Crippen molar-refractivity contribution in [1.82, 2.24) is 4.90 Å². The number of esters is 1. The third-order valence-corrected chi connectivity index (χ3v) is 3.42. The zero-order valence-electron chi connectivity index (χ0n) is 13.7. The molecule has 1 aliphatic heterocycles. The van der Waals surface area contributed by atoms with Gasteiger partial charge >= 0.3 is 12.1 Å². The molecule has 2 rings (SSSR count). The summed E-state index contributed by atoms with van der Waals surface area (Å²) in [4.78, 5) is 26.0. The lowest BCUT2D eigenvalue weighted by atomic mass is 10.0. The van der Waals surface area contributed by atoms with Crippen molar-refractivity contribution >= 4 is 12.1 Å². The van der Waals surface area contributed by atoms with Crippen molar-refractivity contribution in [3.8, 4) is 5.75 Å². The second kappa shape index (κ2) is 7.00. The lowest BCUT2D eigenvalue weighted by Gasteiger charge is -2.36. The number of hydrogen-bond acceptors (Lipinski definition) is 5. The number of β-amino-alcohol motifs (C(OH)–C–C–N with tert-alkyl or cyclic N) is 1. The summed E-state index contributed by atoms with van der Waals surface area (Å²) in [6.45, 7) is 5.37. The first-order chi connectivity index (χ1) is 10.8. The van der Waals surface area contributed by atoms with Gasteiger partial charge < -0.3 is 14.6 Å². The Hall–Kier alpha value is -2.08. The van der Waals surface area contributed by atoms with Gasteiger partial charge in [-0.3, -0.25) is 4.90 Å². The molecule has 1 aromatic carbocycles. The van der Waals surface area contributed by atoms with Gasteiger partial charge in [0.1, 0.15) is 17.4 Å². The highest BCUT2D eigenvalue weighted by Crippen LogP contribution is 2.23. The molecule has 0 aromatic heterocycles. The number of piperidine rings is 1. The monoisotopic (exact) mass is 321 g/mol. The second-order valence-corrected chi connectivity index (χ2v) is 6.61. The van der Waals surface area contributed by atoms with Crippen LogP contribution < -0.4 is 4.74 Å². The van der Waals surface area contributed by atoms with E-state index in [1.54, 1.807) is 45.0 Å². The zero-order chi connectivity index (χ0) is 17.0. The zero-order valence-corrected chi connectivity index (χ0v) is 13.7. The van der Waals surface area contributed by atoms with E-state index in [2.05, 4.69) is 0 Å².